The van der Waals surface area contributed by atoms with Crippen molar-refractivity contribution in [3.63, 3.8) is 0 Å². The van der Waals surface area contributed by atoms with Crippen LogP contribution in [0.3, 0.4) is 0 Å². The Hall–Kier alpha value is -4.48. The minimum atomic E-state index is 0.601. The minimum Gasteiger partial charge on any atom is -0.435 e. The molecule has 4 aromatic carbocycles. The summed E-state index contributed by atoms with van der Waals surface area (Å²) in [6, 6.07) is 36.8. The molecule has 7 rings (SSSR count). The van der Waals surface area contributed by atoms with E-state index in [-0.39, 0.29) is 0 Å². The Labute approximate surface area is 205 Å². The second-order valence-corrected chi connectivity index (χ2v) is 9.38. The van der Waals surface area contributed by atoms with Crippen LogP contribution in [0.5, 0.6) is 0 Å². The number of nitrogens with zero attached hydrogens (tertiary/aromatic N) is 2. The van der Waals surface area contributed by atoms with Crippen LogP contribution in [0.15, 0.2) is 118 Å². The van der Waals surface area contributed by atoms with Crippen molar-refractivity contribution >= 4 is 33.5 Å². The molecule has 4 nitrogen and oxygen atoms in total. The molecule has 3 aromatic heterocycles. The fourth-order valence-electron chi connectivity index (χ4n) is 4.25. The Morgan fingerprint density at radius 3 is 1.37 bits per heavy atom. The molecule has 166 valence electrons. The van der Waals surface area contributed by atoms with Gasteiger partial charge in [-0.25, -0.2) is 9.97 Å². The van der Waals surface area contributed by atoms with Crippen molar-refractivity contribution in [3.8, 4) is 43.8 Å². The van der Waals surface area contributed by atoms with Crippen LogP contribution in [-0.2, 0) is 0 Å². The van der Waals surface area contributed by atoms with E-state index < -0.39 is 0 Å². The Morgan fingerprint density at radius 2 is 0.914 bits per heavy atom. The molecule has 35 heavy (non-hydrogen) atoms. The van der Waals surface area contributed by atoms with Crippen LogP contribution in [0, 0.1) is 0 Å². The first-order valence-corrected chi connectivity index (χ1v) is 12.1. The van der Waals surface area contributed by atoms with E-state index >= 15 is 0 Å². The highest BCUT2D eigenvalue weighted by molar-refractivity contribution is 7.18. The molecule has 0 saturated carbocycles. The van der Waals surface area contributed by atoms with Gasteiger partial charge < -0.3 is 8.83 Å². The lowest BCUT2D eigenvalue weighted by Crippen LogP contribution is -1.76. The molecule has 0 amide bonds. The van der Waals surface area contributed by atoms with Gasteiger partial charge in [-0.1, -0.05) is 72.8 Å². The van der Waals surface area contributed by atoms with Crippen LogP contribution in [0.25, 0.3) is 66.0 Å². The van der Waals surface area contributed by atoms with Crippen molar-refractivity contribution in [2.24, 2.45) is 0 Å². The predicted molar refractivity (Wildman–Crippen MR) is 141 cm³/mol. The molecule has 5 heteroatoms. The maximum absolute atomic E-state index is 6.14. The van der Waals surface area contributed by atoms with Gasteiger partial charge in [0.15, 0.2) is 11.2 Å². The zero-order valence-electron chi connectivity index (χ0n) is 18.5. The number of hydrogen-bond acceptors (Lipinski definition) is 5. The summed E-state index contributed by atoms with van der Waals surface area (Å²) in [4.78, 5) is 11.3. The first kappa shape index (κ1) is 19.9. The first-order chi connectivity index (χ1) is 17.3. The summed E-state index contributed by atoms with van der Waals surface area (Å²) in [5.74, 6) is 1.20. The van der Waals surface area contributed by atoms with Crippen LogP contribution < -0.4 is 0 Å². The monoisotopic (exact) mass is 470 g/mol. The van der Waals surface area contributed by atoms with Crippen molar-refractivity contribution in [1.82, 2.24) is 9.97 Å². The van der Waals surface area contributed by atoms with Gasteiger partial charge in [0.05, 0.1) is 9.75 Å². The number of hydrogen-bond donors (Lipinski definition) is 0. The Morgan fingerprint density at radius 1 is 0.457 bits per heavy atom. The molecular weight excluding hydrogens is 452 g/mol. The van der Waals surface area contributed by atoms with E-state index in [0.29, 0.717) is 11.8 Å². The van der Waals surface area contributed by atoms with E-state index in [1.54, 1.807) is 11.3 Å². The van der Waals surface area contributed by atoms with Crippen LogP contribution >= 0.6 is 11.3 Å². The molecule has 0 fully saturated rings. The molecule has 0 bridgehead atoms. The third kappa shape index (κ3) is 3.63. The fraction of sp³-hybridized carbons (Fsp3) is 0. The number of oxazole rings is 2. The van der Waals surface area contributed by atoms with Gasteiger partial charge in [-0.05, 0) is 58.7 Å². The maximum Gasteiger partial charge on any atom is 0.237 e. The van der Waals surface area contributed by atoms with E-state index in [1.807, 2.05) is 72.8 Å². The smallest absolute Gasteiger partial charge is 0.237 e. The fourth-order valence-corrected chi connectivity index (χ4v) is 5.11. The molecule has 0 N–H and O–H groups in total. The van der Waals surface area contributed by atoms with Crippen LogP contribution in [0.4, 0.5) is 0 Å². The third-order valence-corrected chi connectivity index (χ3v) is 7.08. The second kappa shape index (κ2) is 8.08. The van der Waals surface area contributed by atoms with Gasteiger partial charge in [0.25, 0.3) is 0 Å². The lowest BCUT2D eigenvalue weighted by Gasteiger charge is -1.99. The van der Waals surface area contributed by atoms with Gasteiger partial charge >= 0.3 is 0 Å². The van der Waals surface area contributed by atoms with E-state index in [4.69, 9.17) is 18.8 Å². The van der Waals surface area contributed by atoms with Crippen LogP contribution in [0.1, 0.15) is 0 Å². The van der Waals surface area contributed by atoms with E-state index in [1.165, 1.54) is 0 Å². The van der Waals surface area contributed by atoms with Gasteiger partial charge in [-0.2, -0.15) is 0 Å². The van der Waals surface area contributed by atoms with Crippen molar-refractivity contribution in [1.29, 1.82) is 0 Å². The molecule has 0 saturated heterocycles. The molecule has 0 spiro atoms. The third-order valence-electron chi connectivity index (χ3n) is 6.02. The number of aromatic nitrogens is 2. The Balaban J connectivity index is 1.21. The molecule has 0 aliphatic heterocycles. The highest BCUT2D eigenvalue weighted by Crippen LogP contribution is 2.37. The summed E-state index contributed by atoms with van der Waals surface area (Å²) in [5, 5.41) is 0. The lowest BCUT2D eigenvalue weighted by atomic mass is 10.1. The molecule has 0 radical (unpaired) electrons. The number of rotatable bonds is 4. The summed E-state index contributed by atoms with van der Waals surface area (Å²) in [6.07, 6.45) is 0. The topological polar surface area (TPSA) is 52.1 Å². The van der Waals surface area contributed by atoms with E-state index in [0.717, 1.165) is 54.2 Å². The minimum absolute atomic E-state index is 0.601. The number of fused-ring (bicyclic) bond motifs is 2. The van der Waals surface area contributed by atoms with Gasteiger partial charge in [0.2, 0.25) is 11.8 Å². The SMILES string of the molecule is c1ccc(-c2ccc3nc(-c4ccc(-c5nc6ccc(-c7ccccc7)cc6o5)s4)oc3c2)cc1. The van der Waals surface area contributed by atoms with E-state index in [9.17, 15) is 0 Å². The maximum atomic E-state index is 6.14. The standard InChI is InChI=1S/C30H18N2O2S/c1-3-7-19(8-4-1)21-11-13-23-25(17-21)33-29(31-23)27-15-16-28(35-27)30-32-24-14-12-22(18-26(24)34-30)20-9-5-2-6-10-20/h1-18H. The molecule has 7 aromatic rings. The Bertz CT molecular complexity index is 1660. The largest absolute Gasteiger partial charge is 0.435 e. The molecule has 0 aliphatic carbocycles. The summed E-state index contributed by atoms with van der Waals surface area (Å²) >= 11 is 1.56. The van der Waals surface area contributed by atoms with Gasteiger partial charge in [0, 0.05) is 0 Å². The molecular formula is C30H18N2O2S. The normalized spacial score (nSPS) is 11.4. The highest BCUT2D eigenvalue weighted by atomic mass is 32.1. The predicted octanol–water partition coefficient (Wildman–Crippen LogP) is 8.70. The van der Waals surface area contributed by atoms with Gasteiger partial charge in [-0.3, -0.25) is 0 Å². The van der Waals surface area contributed by atoms with Crippen molar-refractivity contribution in [3.05, 3.63) is 109 Å². The molecule has 0 aliphatic rings. The molecule has 3 heterocycles. The van der Waals surface area contributed by atoms with Gasteiger partial charge in [-0.15, -0.1) is 11.3 Å². The van der Waals surface area contributed by atoms with Gasteiger partial charge in [0.1, 0.15) is 11.0 Å². The molecule has 0 atom stereocenters. The van der Waals surface area contributed by atoms with Crippen molar-refractivity contribution in [2.75, 3.05) is 0 Å². The highest BCUT2D eigenvalue weighted by Gasteiger charge is 2.16. The average Bonchev–Trinajstić information content (AvgIpc) is 3.66. The summed E-state index contributed by atoms with van der Waals surface area (Å²) in [6.45, 7) is 0. The zero-order chi connectivity index (χ0) is 23.2. The van der Waals surface area contributed by atoms with E-state index in [2.05, 4.69) is 36.4 Å². The van der Waals surface area contributed by atoms with Crippen molar-refractivity contribution < 1.29 is 8.83 Å². The average molecular weight is 471 g/mol. The van der Waals surface area contributed by atoms with Crippen LogP contribution in [-0.4, -0.2) is 9.97 Å². The Kier molecular flexibility index (Phi) is 4.60. The first-order valence-electron chi connectivity index (χ1n) is 11.3. The summed E-state index contributed by atoms with van der Waals surface area (Å²) in [7, 11) is 0. The molecule has 0 unspecified atom stereocenters. The quantitative estimate of drug-likeness (QED) is 0.258. The zero-order valence-corrected chi connectivity index (χ0v) is 19.3. The summed E-state index contributed by atoms with van der Waals surface area (Å²) < 4.78 is 12.3. The second-order valence-electron chi connectivity index (χ2n) is 8.30. The van der Waals surface area contributed by atoms with Crippen molar-refractivity contribution in [2.45, 2.75) is 0 Å². The number of thiophene rings is 1. The lowest BCUT2D eigenvalue weighted by molar-refractivity contribution is 0.621. The number of benzene rings is 4. The summed E-state index contributed by atoms with van der Waals surface area (Å²) in [5.41, 5.74) is 7.73. The van der Waals surface area contributed by atoms with Crippen LogP contribution in [0.2, 0.25) is 0 Å².